The lowest BCUT2D eigenvalue weighted by atomic mass is 9.80. The van der Waals surface area contributed by atoms with Gasteiger partial charge in [0.25, 0.3) is 11.8 Å². The highest BCUT2D eigenvalue weighted by molar-refractivity contribution is 6.12. The van der Waals surface area contributed by atoms with E-state index < -0.39 is 0 Å². The zero-order chi connectivity index (χ0) is 17.7. The third-order valence-electron chi connectivity index (χ3n) is 5.19. The van der Waals surface area contributed by atoms with Gasteiger partial charge in [-0.05, 0) is 30.6 Å². The molecule has 0 spiro atoms. The third kappa shape index (κ3) is 4.92. The van der Waals surface area contributed by atoms with Crippen LogP contribution in [-0.2, 0) is 14.4 Å². The number of likely N-dealkylation sites (tertiary alicyclic amines) is 1. The Bertz CT molecular complexity index is 501. The van der Waals surface area contributed by atoms with Crippen LogP contribution in [0.25, 0.3) is 0 Å². The van der Waals surface area contributed by atoms with Crippen LogP contribution in [0, 0.1) is 11.3 Å². The summed E-state index contributed by atoms with van der Waals surface area (Å²) in [6.07, 6.45) is 7.96. The van der Waals surface area contributed by atoms with Crippen molar-refractivity contribution >= 4 is 17.7 Å². The number of rotatable bonds is 7. The number of imide groups is 1. The van der Waals surface area contributed by atoms with Crippen LogP contribution in [0.4, 0.5) is 0 Å². The summed E-state index contributed by atoms with van der Waals surface area (Å²) in [5.74, 6) is 0.455. The van der Waals surface area contributed by atoms with Crippen LogP contribution in [0.5, 0.6) is 0 Å². The van der Waals surface area contributed by atoms with Crippen molar-refractivity contribution in [3.63, 3.8) is 0 Å². The molecule has 134 valence electrons. The number of nitrogens with zero attached hydrogens (tertiary/aromatic N) is 2. The fourth-order valence-corrected chi connectivity index (χ4v) is 3.40. The first-order valence-electron chi connectivity index (χ1n) is 9.10. The summed E-state index contributed by atoms with van der Waals surface area (Å²) in [6, 6.07) is 0. The number of unbranched alkanes of at least 4 members (excludes halogenated alkanes) is 3. The van der Waals surface area contributed by atoms with Gasteiger partial charge in [-0.3, -0.25) is 19.3 Å². The maximum absolute atomic E-state index is 12.3. The molecule has 0 aromatic carbocycles. The molecule has 2 aliphatic rings. The van der Waals surface area contributed by atoms with Crippen molar-refractivity contribution in [2.75, 3.05) is 19.6 Å². The standard InChI is InChI=1S/C19H30N2O3/c1-19(2,3)15-11-13-20(14-15)16(22)8-6-4-5-7-12-21-17(23)9-10-18(21)24/h9-10,15H,4-8,11-14H2,1-3H3. The highest BCUT2D eigenvalue weighted by atomic mass is 16.2. The first-order chi connectivity index (χ1) is 11.3. The second-order valence-electron chi connectivity index (χ2n) is 8.02. The Morgan fingerprint density at radius 1 is 1.08 bits per heavy atom. The van der Waals surface area contributed by atoms with Crippen LogP contribution in [-0.4, -0.2) is 47.2 Å². The van der Waals surface area contributed by atoms with E-state index >= 15 is 0 Å². The SMILES string of the molecule is CC(C)(C)C1CCN(C(=O)CCCCCCN2C(=O)C=CC2=O)C1. The van der Waals surface area contributed by atoms with Gasteiger partial charge in [0.1, 0.15) is 0 Å². The Kier molecular flexibility index (Phi) is 6.19. The molecule has 3 amide bonds. The molecule has 2 rings (SSSR count). The largest absolute Gasteiger partial charge is 0.342 e. The molecule has 5 heteroatoms. The van der Waals surface area contributed by atoms with Gasteiger partial charge < -0.3 is 4.90 Å². The number of carbonyl (C=O) groups excluding carboxylic acids is 3. The quantitative estimate of drug-likeness (QED) is 0.531. The van der Waals surface area contributed by atoms with E-state index in [1.165, 1.54) is 17.1 Å². The topological polar surface area (TPSA) is 57.7 Å². The Morgan fingerprint density at radius 3 is 2.29 bits per heavy atom. The third-order valence-corrected chi connectivity index (χ3v) is 5.19. The predicted molar refractivity (Wildman–Crippen MR) is 93.1 cm³/mol. The van der Waals surface area contributed by atoms with Crippen LogP contribution in [0.15, 0.2) is 12.2 Å². The summed E-state index contributed by atoms with van der Waals surface area (Å²) in [7, 11) is 0. The lowest BCUT2D eigenvalue weighted by Crippen LogP contribution is -2.31. The van der Waals surface area contributed by atoms with Gasteiger partial charge in [0, 0.05) is 38.2 Å². The van der Waals surface area contributed by atoms with Crippen LogP contribution < -0.4 is 0 Å². The molecule has 1 saturated heterocycles. The molecule has 0 N–H and O–H groups in total. The van der Waals surface area contributed by atoms with Gasteiger partial charge in [-0.2, -0.15) is 0 Å². The van der Waals surface area contributed by atoms with Crippen LogP contribution >= 0.6 is 0 Å². The fourth-order valence-electron chi connectivity index (χ4n) is 3.40. The average molecular weight is 334 g/mol. The number of hydrogen-bond acceptors (Lipinski definition) is 3. The van der Waals surface area contributed by atoms with Crippen molar-refractivity contribution in [2.24, 2.45) is 11.3 Å². The smallest absolute Gasteiger partial charge is 0.253 e. The molecule has 0 radical (unpaired) electrons. The van der Waals surface area contributed by atoms with Crippen molar-refractivity contribution in [3.05, 3.63) is 12.2 Å². The predicted octanol–water partition coefficient (Wildman–Crippen LogP) is 2.76. The van der Waals surface area contributed by atoms with Gasteiger partial charge in [0.05, 0.1) is 0 Å². The highest BCUT2D eigenvalue weighted by Crippen LogP contribution is 2.33. The van der Waals surface area contributed by atoms with Gasteiger partial charge >= 0.3 is 0 Å². The molecule has 5 nitrogen and oxygen atoms in total. The maximum atomic E-state index is 12.3. The number of hydrogen-bond donors (Lipinski definition) is 0. The Hall–Kier alpha value is -1.65. The van der Waals surface area contributed by atoms with Gasteiger partial charge in [0.15, 0.2) is 0 Å². The van der Waals surface area contributed by atoms with Crippen molar-refractivity contribution in [1.29, 1.82) is 0 Å². The average Bonchev–Trinajstić information content (AvgIpc) is 3.11. The molecule has 0 aromatic rings. The van der Waals surface area contributed by atoms with E-state index in [9.17, 15) is 14.4 Å². The van der Waals surface area contributed by atoms with Crippen molar-refractivity contribution in [1.82, 2.24) is 9.80 Å². The molecule has 1 unspecified atom stereocenters. The molecule has 0 aromatic heterocycles. The zero-order valence-corrected chi connectivity index (χ0v) is 15.2. The van der Waals surface area contributed by atoms with Crippen LogP contribution in [0.2, 0.25) is 0 Å². The van der Waals surface area contributed by atoms with Crippen LogP contribution in [0.1, 0.15) is 59.3 Å². The molecular weight excluding hydrogens is 304 g/mol. The summed E-state index contributed by atoms with van der Waals surface area (Å²) in [4.78, 5) is 38.4. The minimum absolute atomic E-state index is 0.211. The Morgan fingerprint density at radius 2 is 1.71 bits per heavy atom. The van der Waals surface area contributed by atoms with Gasteiger partial charge in [-0.1, -0.05) is 33.6 Å². The molecule has 0 saturated carbocycles. The second-order valence-corrected chi connectivity index (χ2v) is 8.02. The van der Waals surface area contributed by atoms with Crippen molar-refractivity contribution in [3.8, 4) is 0 Å². The maximum Gasteiger partial charge on any atom is 0.253 e. The van der Waals surface area contributed by atoms with Crippen molar-refractivity contribution < 1.29 is 14.4 Å². The molecule has 0 aliphatic carbocycles. The van der Waals surface area contributed by atoms with Crippen LogP contribution in [0.3, 0.4) is 0 Å². The Labute approximate surface area is 145 Å². The normalized spacial score (nSPS) is 21.2. The summed E-state index contributed by atoms with van der Waals surface area (Å²) < 4.78 is 0. The van der Waals surface area contributed by atoms with Crippen molar-refractivity contribution in [2.45, 2.75) is 59.3 Å². The van der Waals surface area contributed by atoms with E-state index in [4.69, 9.17) is 0 Å². The summed E-state index contributed by atoms with van der Waals surface area (Å²) in [6.45, 7) is 9.02. The number of amides is 3. The minimum Gasteiger partial charge on any atom is -0.342 e. The van der Waals surface area contributed by atoms with E-state index in [2.05, 4.69) is 20.8 Å². The highest BCUT2D eigenvalue weighted by Gasteiger charge is 2.33. The second kappa shape index (κ2) is 7.95. The molecule has 24 heavy (non-hydrogen) atoms. The summed E-state index contributed by atoms with van der Waals surface area (Å²) in [5, 5.41) is 0. The lowest BCUT2D eigenvalue weighted by Gasteiger charge is -2.27. The zero-order valence-electron chi connectivity index (χ0n) is 15.2. The molecule has 2 heterocycles. The van der Waals surface area contributed by atoms with E-state index in [1.54, 1.807) is 0 Å². The van der Waals surface area contributed by atoms with E-state index in [1.807, 2.05) is 4.90 Å². The number of carbonyl (C=O) groups is 3. The van der Waals surface area contributed by atoms with E-state index in [0.29, 0.717) is 18.9 Å². The molecule has 1 fully saturated rings. The molecule has 1 atom stereocenters. The molecular formula is C19H30N2O3. The first kappa shape index (κ1) is 18.7. The van der Waals surface area contributed by atoms with Gasteiger partial charge in [-0.15, -0.1) is 0 Å². The summed E-state index contributed by atoms with van der Waals surface area (Å²) >= 11 is 0. The Balaban J connectivity index is 1.56. The van der Waals surface area contributed by atoms with Gasteiger partial charge in [0.2, 0.25) is 5.91 Å². The minimum atomic E-state index is -0.211. The van der Waals surface area contributed by atoms with Gasteiger partial charge in [-0.25, -0.2) is 0 Å². The summed E-state index contributed by atoms with van der Waals surface area (Å²) in [5.41, 5.74) is 0.272. The molecule has 0 bridgehead atoms. The fraction of sp³-hybridized carbons (Fsp3) is 0.737. The van der Waals surface area contributed by atoms with E-state index in [-0.39, 0.29) is 23.1 Å². The van der Waals surface area contributed by atoms with E-state index in [0.717, 1.165) is 45.2 Å². The lowest BCUT2D eigenvalue weighted by molar-refractivity contribution is -0.136. The molecule has 2 aliphatic heterocycles. The first-order valence-corrected chi connectivity index (χ1v) is 9.10. The monoisotopic (exact) mass is 334 g/mol.